The zero-order valence-electron chi connectivity index (χ0n) is 10.8. The first-order valence-corrected chi connectivity index (χ1v) is 6.68. The summed E-state index contributed by atoms with van der Waals surface area (Å²) >= 11 is 11.1. The van der Waals surface area contributed by atoms with Gasteiger partial charge in [0.15, 0.2) is 5.11 Å². The van der Waals surface area contributed by atoms with Gasteiger partial charge >= 0.3 is 0 Å². The van der Waals surface area contributed by atoms with E-state index >= 15 is 0 Å². The maximum atomic E-state index is 5.83. The van der Waals surface area contributed by atoms with Crippen molar-refractivity contribution in [2.75, 3.05) is 12.4 Å². The third-order valence-electron chi connectivity index (χ3n) is 2.48. The van der Waals surface area contributed by atoms with Crippen LogP contribution < -0.4 is 5.32 Å². The Hall–Kier alpha value is -1.98. The highest BCUT2D eigenvalue weighted by atomic mass is 35.5. The normalized spacial score (nSPS) is 10.5. The number of benzene rings is 1. The highest BCUT2D eigenvalue weighted by molar-refractivity contribution is 7.80. The number of hydrazone groups is 1. The Kier molecular flexibility index (Phi) is 5.03. The van der Waals surface area contributed by atoms with Gasteiger partial charge in [0.05, 0.1) is 6.21 Å². The lowest BCUT2D eigenvalue weighted by Crippen LogP contribution is -2.26. The summed E-state index contributed by atoms with van der Waals surface area (Å²) in [6, 6.07) is 11.0. The molecule has 0 spiro atoms. The van der Waals surface area contributed by atoms with E-state index in [1.807, 2.05) is 24.3 Å². The maximum absolute atomic E-state index is 5.83. The summed E-state index contributed by atoms with van der Waals surface area (Å²) in [5, 5.41) is 10.1. The Morgan fingerprint density at radius 1 is 1.25 bits per heavy atom. The van der Waals surface area contributed by atoms with Crippen LogP contribution in [-0.2, 0) is 0 Å². The molecule has 0 aliphatic heterocycles. The molecule has 0 atom stereocenters. The molecule has 0 radical (unpaired) electrons. The first kappa shape index (κ1) is 14.4. The fraction of sp³-hybridized carbons (Fsp3) is 0.0714. The van der Waals surface area contributed by atoms with Gasteiger partial charge in [-0.2, -0.15) is 5.10 Å². The second kappa shape index (κ2) is 6.98. The molecule has 1 N–H and O–H groups in total. The van der Waals surface area contributed by atoms with Crippen molar-refractivity contribution >= 4 is 40.8 Å². The van der Waals surface area contributed by atoms with Gasteiger partial charge in [0.2, 0.25) is 0 Å². The minimum Gasteiger partial charge on any atom is -0.331 e. The largest absolute Gasteiger partial charge is 0.331 e. The van der Waals surface area contributed by atoms with Crippen LogP contribution in [0.5, 0.6) is 0 Å². The number of hydrogen-bond acceptors (Lipinski definition) is 3. The zero-order chi connectivity index (χ0) is 14.4. The lowest BCUT2D eigenvalue weighted by atomic mass is 10.3. The zero-order valence-corrected chi connectivity index (χ0v) is 12.4. The Bertz CT molecular complexity index is 598. The average Bonchev–Trinajstić information content (AvgIpc) is 2.48. The molecule has 1 aromatic heterocycles. The van der Waals surface area contributed by atoms with Gasteiger partial charge in [-0.15, -0.1) is 0 Å². The molecular formula is C14H13ClN4S. The van der Waals surface area contributed by atoms with E-state index in [0.29, 0.717) is 10.1 Å². The predicted octanol–water partition coefficient (Wildman–Crippen LogP) is 3.40. The molecule has 2 rings (SSSR count). The van der Waals surface area contributed by atoms with Gasteiger partial charge in [-0.1, -0.05) is 11.6 Å². The van der Waals surface area contributed by atoms with Gasteiger partial charge in [-0.05, 0) is 54.2 Å². The summed E-state index contributed by atoms with van der Waals surface area (Å²) in [6.45, 7) is 0. The van der Waals surface area contributed by atoms with Crippen molar-refractivity contribution in [2.24, 2.45) is 5.10 Å². The number of pyridine rings is 1. The molecule has 0 aliphatic carbocycles. The minimum absolute atomic E-state index is 0.498. The molecule has 0 bridgehead atoms. The SMILES string of the molecule is CN(/N=C/c1ccncc1)C(=S)Nc1ccc(Cl)cc1. The van der Waals surface area contributed by atoms with E-state index in [4.69, 9.17) is 23.8 Å². The Morgan fingerprint density at radius 3 is 2.55 bits per heavy atom. The van der Waals surface area contributed by atoms with E-state index in [1.54, 1.807) is 42.8 Å². The van der Waals surface area contributed by atoms with Gasteiger partial charge in [-0.3, -0.25) is 4.98 Å². The topological polar surface area (TPSA) is 40.5 Å². The van der Waals surface area contributed by atoms with Gasteiger partial charge in [-0.25, -0.2) is 5.01 Å². The van der Waals surface area contributed by atoms with E-state index in [-0.39, 0.29) is 0 Å². The summed E-state index contributed by atoms with van der Waals surface area (Å²) in [4.78, 5) is 3.95. The smallest absolute Gasteiger partial charge is 0.193 e. The second-order valence-electron chi connectivity index (χ2n) is 3.99. The first-order chi connectivity index (χ1) is 9.65. The molecule has 0 unspecified atom stereocenters. The number of halogens is 1. The van der Waals surface area contributed by atoms with E-state index < -0.39 is 0 Å². The number of rotatable bonds is 3. The van der Waals surface area contributed by atoms with E-state index in [2.05, 4.69) is 15.4 Å². The van der Waals surface area contributed by atoms with Crippen LogP contribution in [0.2, 0.25) is 5.02 Å². The summed E-state index contributed by atoms with van der Waals surface area (Å²) < 4.78 is 0. The molecule has 102 valence electrons. The predicted molar refractivity (Wildman–Crippen MR) is 87.3 cm³/mol. The van der Waals surface area contributed by atoms with Crippen LogP contribution in [0.25, 0.3) is 0 Å². The molecule has 1 heterocycles. The summed E-state index contributed by atoms with van der Waals surface area (Å²) in [6.07, 6.45) is 5.15. The first-order valence-electron chi connectivity index (χ1n) is 5.89. The van der Waals surface area contributed by atoms with Crippen molar-refractivity contribution in [1.82, 2.24) is 9.99 Å². The van der Waals surface area contributed by atoms with Crippen molar-refractivity contribution in [3.63, 3.8) is 0 Å². The molecule has 4 nitrogen and oxygen atoms in total. The molecule has 6 heteroatoms. The molecule has 0 fully saturated rings. The summed E-state index contributed by atoms with van der Waals surface area (Å²) in [5.41, 5.74) is 1.83. The molecule has 1 aromatic carbocycles. The number of hydrogen-bond donors (Lipinski definition) is 1. The van der Waals surface area contributed by atoms with Crippen molar-refractivity contribution in [3.8, 4) is 0 Å². The fourth-order valence-electron chi connectivity index (χ4n) is 1.39. The third-order valence-corrected chi connectivity index (χ3v) is 3.09. The van der Waals surface area contributed by atoms with Crippen LogP contribution in [0, 0.1) is 0 Å². The monoisotopic (exact) mass is 304 g/mol. The molecule has 0 amide bonds. The number of nitrogens with zero attached hydrogens (tertiary/aromatic N) is 3. The highest BCUT2D eigenvalue weighted by Crippen LogP contribution is 2.13. The van der Waals surface area contributed by atoms with Crippen molar-refractivity contribution in [2.45, 2.75) is 0 Å². The van der Waals surface area contributed by atoms with Crippen molar-refractivity contribution in [3.05, 3.63) is 59.4 Å². The quantitative estimate of drug-likeness (QED) is 0.536. The highest BCUT2D eigenvalue weighted by Gasteiger charge is 2.02. The maximum Gasteiger partial charge on any atom is 0.193 e. The van der Waals surface area contributed by atoms with Gasteiger partial charge in [0, 0.05) is 30.2 Å². The number of thiocarbonyl (C=S) groups is 1. The van der Waals surface area contributed by atoms with Gasteiger partial charge in [0.1, 0.15) is 0 Å². The second-order valence-corrected chi connectivity index (χ2v) is 4.81. The van der Waals surface area contributed by atoms with Crippen LogP contribution in [0.3, 0.4) is 0 Å². The van der Waals surface area contributed by atoms with Crippen molar-refractivity contribution < 1.29 is 0 Å². The lowest BCUT2D eigenvalue weighted by Gasteiger charge is -2.15. The van der Waals surface area contributed by atoms with E-state index in [9.17, 15) is 0 Å². The van der Waals surface area contributed by atoms with Crippen LogP contribution in [-0.4, -0.2) is 28.4 Å². The van der Waals surface area contributed by atoms with Crippen molar-refractivity contribution in [1.29, 1.82) is 0 Å². The molecule has 20 heavy (non-hydrogen) atoms. The van der Waals surface area contributed by atoms with Crippen LogP contribution >= 0.6 is 23.8 Å². The van der Waals surface area contributed by atoms with Gasteiger partial charge < -0.3 is 5.32 Å². The number of anilines is 1. The van der Waals surface area contributed by atoms with Crippen LogP contribution in [0.15, 0.2) is 53.9 Å². The Balaban J connectivity index is 1.95. The van der Waals surface area contributed by atoms with Crippen LogP contribution in [0.1, 0.15) is 5.56 Å². The standard InChI is InChI=1S/C14H13ClN4S/c1-19(17-10-11-6-8-16-9-7-11)14(20)18-13-4-2-12(15)3-5-13/h2-10H,1H3,(H,18,20)/b17-10+. The third kappa shape index (κ3) is 4.29. The fourth-order valence-corrected chi connectivity index (χ4v) is 1.68. The van der Waals surface area contributed by atoms with Gasteiger partial charge in [0.25, 0.3) is 0 Å². The van der Waals surface area contributed by atoms with Crippen LogP contribution in [0.4, 0.5) is 5.69 Å². The summed E-state index contributed by atoms with van der Waals surface area (Å²) in [7, 11) is 1.78. The molecule has 0 saturated heterocycles. The molecule has 2 aromatic rings. The van der Waals surface area contributed by atoms with E-state index in [0.717, 1.165) is 11.3 Å². The average molecular weight is 305 g/mol. The van der Waals surface area contributed by atoms with E-state index in [1.165, 1.54) is 0 Å². The Labute approximate surface area is 128 Å². The lowest BCUT2D eigenvalue weighted by molar-refractivity contribution is 0.557. The number of nitrogens with one attached hydrogen (secondary N) is 1. The molecule has 0 saturated carbocycles. The summed E-state index contributed by atoms with van der Waals surface area (Å²) in [5.74, 6) is 0. The molecular weight excluding hydrogens is 292 g/mol. The number of aromatic nitrogens is 1. The Morgan fingerprint density at radius 2 is 1.90 bits per heavy atom. The molecule has 0 aliphatic rings. The minimum atomic E-state index is 0.498.